The second-order valence-corrected chi connectivity index (χ2v) is 8.36. The van der Waals surface area contributed by atoms with Crippen molar-refractivity contribution in [3.8, 4) is 0 Å². The molecule has 2 aliphatic heterocycles. The lowest BCUT2D eigenvalue weighted by molar-refractivity contribution is -0.142. The standard InChI is InChI=1S/C21H36N4O6/c1-31-12-8-18(26)24-17(21(29)30)13-23-20(28)16-3-2-11-25(14-16)19(27)5-4-15-6-9-22-10-7-15/h15-17,22H,2-14H2,1H3,(H,23,28)(H,24,26)(H,29,30)/t16-,17+/m1/s1. The van der Waals surface area contributed by atoms with Crippen molar-refractivity contribution in [1.29, 1.82) is 0 Å². The number of amides is 3. The van der Waals surface area contributed by atoms with E-state index in [0.29, 0.717) is 31.8 Å². The van der Waals surface area contributed by atoms with Crippen LogP contribution in [0.1, 0.15) is 44.9 Å². The Morgan fingerprint density at radius 2 is 1.90 bits per heavy atom. The van der Waals surface area contributed by atoms with Crippen LogP contribution in [0.3, 0.4) is 0 Å². The lowest BCUT2D eigenvalue weighted by atomic mass is 9.92. The maximum atomic E-state index is 12.6. The molecule has 0 spiro atoms. The molecule has 0 bridgehead atoms. The van der Waals surface area contributed by atoms with E-state index in [1.54, 1.807) is 4.90 Å². The summed E-state index contributed by atoms with van der Waals surface area (Å²) in [6.07, 6.45) is 5.04. The first-order valence-electron chi connectivity index (χ1n) is 11.2. The van der Waals surface area contributed by atoms with E-state index in [0.717, 1.165) is 38.8 Å². The predicted octanol–water partition coefficient (Wildman–Crippen LogP) is -0.273. The van der Waals surface area contributed by atoms with Crippen LogP contribution in [0.5, 0.6) is 0 Å². The number of piperidine rings is 2. The quantitative estimate of drug-likeness (QED) is 0.347. The molecule has 2 fully saturated rings. The lowest BCUT2D eigenvalue weighted by Gasteiger charge is -2.33. The number of likely N-dealkylation sites (tertiary alicyclic amines) is 1. The maximum absolute atomic E-state index is 12.6. The highest BCUT2D eigenvalue weighted by atomic mass is 16.5. The van der Waals surface area contributed by atoms with Crippen LogP contribution >= 0.6 is 0 Å². The van der Waals surface area contributed by atoms with Crippen molar-refractivity contribution in [2.45, 2.75) is 51.0 Å². The Morgan fingerprint density at radius 1 is 1.16 bits per heavy atom. The van der Waals surface area contributed by atoms with Crippen molar-refractivity contribution < 1.29 is 29.0 Å². The summed E-state index contributed by atoms with van der Waals surface area (Å²) in [7, 11) is 1.45. The molecule has 31 heavy (non-hydrogen) atoms. The van der Waals surface area contributed by atoms with E-state index in [1.807, 2.05) is 0 Å². The summed E-state index contributed by atoms with van der Waals surface area (Å²) in [5.41, 5.74) is 0. The number of ether oxygens (including phenoxy) is 1. The molecular weight excluding hydrogens is 404 g/mol. The van der Waals surface area contributed by atoms with Gasteiger partial charge in [-0.25, -0.2) is 4.79 Å². The van der Waals surface area contributed by atoms with E-state index in [-0.39, 0.29) is 37.3 Å². The van der Waals surface area contributed by atoms with Gasteiger partial charge in [-0.1, -0.05) is 0 Å². The third-order valence-corrected chi connectivity index (χ3v) is 6.02. The minimum Gasteiger partial charge on any atom is -0.480 e. The zero-order valence-corrected chi connectivity index (χ0v) is 18.4. The first-order chi connectivity index (χ1) is 14.9. The van der Waals surface area contributed by atoms with Crippen LogP contribution in [-0.2, 0) is 23.9 Å². The lowest BCUT2D eigenvalue weighted by Crippen LogP contribution is -2.51. The fourth-order valence-electron chi connectivity index (χ4n) is 4.08. The van der Waals surface area contributed by atoms with Gasteiger partial charge in [-0.2, -0.15) is 0 Å². The van der Waals surface area contributed by atoms with Crippen molar-refractivity contribution in [1.82, 2.24) is 20.9 Å². The number of carbonyl (C=O) groups is 4. The highest BCUT2D eigenvalue weighted by Crippen LogP contribution is 2.21. The van der Waals surface area contributed by atoms with Gasteiger partial charge in [0.2, 0.25) is 17.7 Å². The molecule has 0 aromatic heterocycles. The molecule has 2 heterocycles. The molecule has 2 rings (SSSR count). The first kappa shape index (κ1) is 25.1. The van der Waals surface area contributed by atoms with Gasteiger partial charge in [0.1, 0.15) is 6.04 Å². The number of aliphatic carboxylic acids is 1. The Hall–Kier alpha value is -2.20. The van der Waals surface area contributed by atoms with Crippen molar-refractivity contribution >= 4 is 23.7 Å². The fraction of sp³-hybridized carbons (Fsp3) is 0.810. The number of carboxylic acids is 1. The van der Waals surface area contributed by atoms with Gasteiger partial charge in [0.25, 0.3) is 0 Å². The van der Waals surface area contributed by atoms with Crippen molar-refractivity contribution in [2.75, 3.05) is 46.4 Å². The number of carboxylic acid groups (broad SMARTS) is 1. The molecule has 0 unspecified atom stereocenters. The number of nitrogens with zero attached hydrogens (tertiary/aromatic N) is 1. The summed E-state index contributed by atoms with van der Waals surface area (Å²) in [5.74, 6) is -1.65. The van der Waals surface area contributed by atoms with Crippen LogP contribution in [0, 0.1) is 11.8 Å². The van der Waals surface area contributed by atoms with E-state index in [2.05, 4.69) is 16.0 Å². The molecule has 0 saturated carbocycles. The summed E-state index contributed by atoms with van der Waals surface area (Å²) < 4.78 is 4.80. The van der Waals surface area contributed by atoms with Crippen LogP contribution in [-0.4, -0.2) is 86.2 Å². The minimum absolute atomic E-state index is 0.0469. The van der Waals surface area contributed by atoms with E-state index in [9.17, 15) is 24.3 Å². The SMILES string of the molecule is COCCC(=O)N[C@@H](CNC(=O)[C@@H]1CCCN(C(=O)CCC2CCNCC2)C1)C(=O)O. The van der Waals surface area contributed by atoms with Gasteiger partial charge in [-0.3, -0.25) is 14.4 Å². The van der Waals surface area contributed by atoms with Gasteiger partial charge >= 0.3 is 5.97 Å². The normalized spacial score (nSPS) is 20.7. The summed E-state index contributed by atoms with van der Waals surface area (Å²) in [6, 6.07) is -1.21. The molecule has 0 aliphatic carbocycles. The van der Waals surface area contributed by atoms with Crippen LogP contribution in [0.15, 0.2) is 0 Å². The molecule has 10 heteroatoms. The zero-order valence-electron chi connectivity index (χ0n) is 18.4. The highest BCUT2D eigenvalue weighted by molar-refractivity contribution is 5.85. The smallest absolute Gasteiger partial charge is 0.328 e. The summed E-state index contributed by atoms with van der Waals surface area (Å²) in [4.78, 5) is 50.1. The van der Waals surface area contributed by atoms with E-state index in [4.69, 9.17) is 4.74 Å². The van der Waals surface area contributed by atoms with Crippen LogP contribution in [0.4, 0.5) is 0 Å². The molecule has 0 aromatic rings. The first-order valence-corrected chi connectivity index (χ1v) is 11.2. The molecule has 4 N–H and O–H groups in total. The van der Waals surface area contributed by atoms with Crippen molar-refractivity contribution in [2.24, 2.45) is 11.8 Å². The Morgan fingerprint density at radius 3 is 2.58 bits per heavy atom. The summed E-state index contributed by atoms with van der Waals surface area (Å²) in [6.45, 7) is 3.02. The van der Waals surface area contributed by atoms with E-state index >= 15 is 0 Å². The second kappa shape index (κ2) is 13.3. The number of methoxy groups -OCH3 is 1. The average molecular weight is 441 g/mol. The van der Waals surface area contributed by atoms with E-state index in [1.165, 1.54) is 7.11 Å². The van der Waals surface area contributed by atoms with Gasteiger partial charge in [0.15, 0.2) is 0 Å². The molecule has 0 radical (unpaired) electrons. The monoisotopic (exact) mass is 440 g/mol. The third kappa shape index (κ3) is 8.82. The maximum Gasteiger partial charge on any atom is 0.328 e. The molecule has 2 atom stereocenters. The van der Waals surface area contributed by atoms with Gasteiger partial charge in [0, 0.05) is 39.6 Å². The fourth-order valence-corrected chi connectivity index (χ4v) is 4.08. The number of nitrogens with one attached hydrogen (secondary N) is 3. The molecule has 2 saturated heterocycles. The van der Waals surface area contributed by atoms with Gasteiger partial charge in [-0.05, 0) is 51.1 Å². The van der Waals surface area contributed by atoms with Crippen molar-refractivity contribution in [3.63, 3.8) is 0 Å². The zero-order chi connectivity index (χ0) is 22.6. The van der Waals surface area contributed by atoms with Crippen molar-refractivity contribution in [3.05, 3.63) is 0 Å². The Bertz CT molecular complexity index is 623. The Kier molecular flexibility index (Phi) is 10.7. The second-order valence-electron chi connectivity index (χ2n) is 8.36. The van der Waals surface area contributed by atoms with Crippen LogP contribution in [0.25, 0.3) is 0 Å². The molecule has 10 nitrogen and oxygen atoms in total. The van der Waals surface area contributed by atoms with Crippen LogP contribution in [0.2, 0.25) is 0 Å². The topological polar surface area (TPSA) is 137 Å². The highest BCUT2D eigenvalue weighted by Gasteiger charge is 2.30. The molecule has 2 aliphatic rings. The molecule has 0 aromatic carbocycles. The van der Waals surface area contributed by atoms with E-state index < -0.39 is 17.9 Å². The van der Waals surface area contributed by atoms with Gasteiger partial charge in [-0.15, -0.1) is 0 Å². The number of hydrogen-bond acceptors (Lipinski definition) is 6. The predicted molar refractivity (Wildman–Crippen MR) is 113 cm³/mol. The Labute approximate surface area is 183 Å². The summed E-state index contributed by atoms with van der Waals surface area (Å²) in [5, 5.41) is 17.6. The van der Waals surface area contributed by atoms with Gasteiger partial charge in [0.05, 0.1) is 12.5 Å². The largest absolute Gasteiger partial charge is 0.480 e. The third-order valence-electron chi connectivity index (χ3n) is 6.02. The Balaban J connectivity index is 1.76. The van der Waals surface area contributed by atoms with Crippen LogP contribution < -0.4 is 16.0 Å². The molecule has 176 valence electrons. The number of rotatable bonds is 11. The molecule has 3 amide bonds. The minimum atomic E-state index is -1.22. The summed E-state index contributed by atoms with van der Waals surface area (Å²) >= 11 is 0. The average Bonchev–Trinajstić information content (AvgIpc) is 2.79. The number of hydrogen-bond donors (Lipinski definition) is 4. The molecular formula is C21H36N4O6. The number of carbonyl (C=O) groups excluding carboxylic acids is 3. The van der Waals surface area contributed by atoms with Gasteiger partial charge < -0.3 is 30.7 Å².